The number of hydrogen-bond acceptors (Lipinski definition) is 4. The van der Waals surface area contributed by atoms with E-state index in [0.717, 1.165) is 63.6 Å². The number of piperazine rings is 1. The summed E-state index contributed by atoms with van der Waals surface area (Å²) in [5.41, 5.74) is 2.34. The normalized spacial score (nSPS) is 17.7. The molecule has 2 aromatic heterocycles. The van der Waals surface area contributed by atoms with E-state index < -0.39 is 0 Å². The van der Waals surface area contributed by atoms with E-state index in [0.29, 0.717) is 5.91 Å². The number of aromatic nitrogens is 2. The number of pyridine rings is 1. The van der Waals surface area contributed by atoms with Gasteiger partial charge in [0.15, 0.2) is 5.82 Å². The van der Waals surface area contributed by atoms with Crippen molar-refractivity contribution in [2.45, 2.75) is 12.8 Å². The molecule has 3 aromatic rings. The SMILES string of the molecule is O=C(C1CCN(c2ncccc2-n2cccc2)CC1)N1CCN(c2ccccc2)CC1. The fraction of sp³-hybridized carbons (Fsp3) is 0.360. The van der Waals surface area contributed by atoms with Crippen LogP contribution in [-0.4, -0.2) is 59.6 Å². The van der Waals surface area contributed by atoms with Gasteiger partial charge in [-0.25, -0.2) is 4.98 Å². The van der Waals surface area contributed by atoms with E-state index in [1.54, 1.807) is 0 Å². The van der Waals surface area contributed by atoms with Gasteiger partial charge in [-0.05, 0) is 49.2 Å². The number of benzene rings is 1. The van der Waals surface area contributed by atoms with Crippen molar-refractivity contribution >= 4 is 17.4 Å². The Kier molecular flexibility index (Phi) is 5.61. The van der Waals surface area contributed by atoms with Crippen molar-refractivity contribution in [1.82, 2.24) is 14.5 Å². The Morgan fingerprint density at radius 3 is 2.19 bits per heavy atom. The smallest absolute Gasteiger partial charge is 0.225 e. The van der Waals surface area contributed by atoms with Gasteiger partial charge in [-0.1, -0.05) is 18.2 Å². The van der Waals surface area contributed by atoms with Crippen molar-refractivity contribution in [3.05, 3.63) is 73.2 Å². The van der Waals surface area contributed by atoms with Crippen LogP contribution in [0.2, 0.25) is 0 Å². The molecular formula is C25H29N5O. The third-order valence-electron chi connectivity index (χ3n) is 6.51. The van der Waals surface area contributed by atoms with Crippen LogP contribution in [0.4, 0.5) is 11.5 Å². The molecule has 0 saturated carbocycles. The van der Waals surface area contributed by atoms with Crippen LogP contribution in [0.3, 0.4) is 0 Å². The lowest BCUT2D eigenvalue weighted by Crippen LogP contribution is -2.51. The summed E-state index contributed by atoms with van der Waals surface area (Å²) >= 11 is 0. The fourth-order valence-electron chi connectivity index (χ4n) is 4.75. The Morgan fingerprint density at radius 2 is 1.48 bits per heavy atom. The maximum Gasteiger partial charge on any atom is 0.225 e. The van der Waals surface area contributed by atoms with Crippen LogP contribution in [-0.2, 0) is 4.79 Å². The molecule has 6 nitrogen and oxygen atoms in total. The van der Waals surface area contributed by atoms with Crippen molar-refractivity contribution in [3.8, 4) is 5.69 Å². The van der Waals surface area contributed by atoms with E-state index in [-0.39, 0.29) is 5.92 Å². The molecule has 0 radical (unpaired) electrons. The molecular weight excluding hydrogens is 386 g/mol. The highest BCUT2D eigenvalue weighted by Gasteiger charge is 2.31. The van der Waals surface area contributed by atoms with E-state index >= 15 is 0 Å². The summed E-state index contributed by atoms with van der Waals surface area (Å²) in [6.07, 6.45) is 7.72. The highest BCUT2D eigenvalue weighted by Crippen LogP contribution is 2.28. The van der Waals surface area contributed by atoms with Gasteiger partial charge in [-0.3, -0.25) is 4.79 Å². The predicted molar refractivity (Wildman–Crippen MR) is 124 cm³/mol. The first-order chi connectivity index (χ1) is 15.3. The molecule has 0 unspecified atom stereocenters. The minimum absolute atomic E-state index is 0.123. The number of carbonyl (C=O) groups excluding carboxylic acids is 1. The van der Waals surface area contributed by atoms with Crippen molar-refractivity contribution < 1.29 is 4.79 Å². The molecule has 160 valence electrons. The summed E-state index contributed by atoms with van der Waals surface area (Å²) in [4.78, 5) is 24.6. The first-order valence-electron chi connectivity index (χ1n) is 11.2. The molecule has 6 heteroatoms. The Hall–Kier alpha value is -3.28. The van der Waals surface area contributed by atoms with E-state index in [1.165, 1.54) is 5.69 Å². The van der Waals surface area contributed by atoms with Gasteiger partial charge in [0.2, 0.25) is 5.91 Å². The second-order valence-corrected chi connectivity index (χ2v) is 8.35. The van der Waals surface area contributed by atoms with Crippen molar-refractivity contribution in [2.24, 2.45) is 5.92 Å². The van der Waals surface area contributed by atoms with Gasteiger partial charge in [0.25, 0.3) is 0 Å². The molecule has 0 N–H and O–H groups in total. The first-order valence-corrected chi connectivity index (χ1v) is 11.2. The lowest BCUT2D eigenvalue weighted by atomic mass is 9.94. The lowest BCUT2D eigenvalue weighted by molar-refractivity contribution is -0.136. The molecule has 2 aliphatic heterocycles. The van der Waals surface area contributed by atoms with Crippen LogP contribution in [0.15, 0.2) is 73.2 Å². The van der Waals surface area contributed by atoms with Crippen LogP contribution in [0.5, 0.6) is 0 Å². The van der Waals surface area contributed by atoms with Crippen LogP contribution < -0.4 is 9.80 Å². The fourth-order valence-corrected chi connectivity index (χ4v) is 4.75. The number of anilines is 2. The second kappa shape index (κ2) is 8.84. The zero-order valence-corrected chi connectivity index (χ0v) is 17.8. The third-order valence-corrected chi connectivity index (χ3v) is 6.51. The summed E-state index contributed by atoms with van der Waals surface area (Å²) in [5, 5.41) is 0. The first kappa shape index (κ1) is 19.7. The quantitative estimate of drug-likeness (QED) is 0.655. The van der Waals surface area contributed by atoms with E-state index in [2.05, 4.69) is 54.6 Å². The molecule has 0 spiro atoms. The molecule has 2 fully saturated rings. The van der Waals surface area contributed by atoms with E-state index in [1.807, 2.05) is 42.9 Å². The second-order valence-electron chi connectivity index (χ2n) is 8.35. The summed E-state index contributed by atoms with van der Waals surface area (Å²) in [7, 11) is 0. The number of carbonyl (C=O) groups is 1. The van der Waals surface area contributed by atoms with E-state index in [4.69, 9.17) is 0 Å². The Morgan fingerprint density at radius 1 is 0.774 bits per heavy atom. The van der Waals surface area contributed by atoms with Gasteiger partial charge in [-0.2, -0.15) is 0 Å². The molecule has 4 heterocycles. The van der Waals surface area contributed by atoms with Crippen LogP contribution in [0.25, 0.3) is 5.69 Å². The molecule has 0 aliphatic carbocycles. The van der Waals surface area contributed by atoms with Crippen LogP contribution in [0, 0.1) is 5.92 Å². The van der Waals surface area contributed by atoms with Gasteiger partial charge < -0.3 is 19.3 Å². The molecule has 1 amide bonds. The lowest BCUT2D eigenvalue weighted by Gasteiger charge is -2.39. The largest absolute Gasteiger partial charge is 0.368 e. The van der Waals surface area contributed by atoms with Gasteiger partial charge in [-0.15, -0.1) is 0 Å². The average Bonchev–Trinajstić information content (AvgIpc) is 3.39. The van der Waals surface area contributed by atoms with Crippen molar-refractivity contribution in [2.75, 3.05) is 49.1 Å². The highest BCUT2D eigenvalue weighted by atomic mass is 16.2. The number of nitrogens with zero attached hydrogens (tertiary/aromatic N) is 5. The summed E-state index contributed by atoms with van der Waals surface area (Å²) < 4.78 is 2.10. The minimum Gasteiger partial charge on any atom is -0.368 e. The summed E-state index contributed by atoms with van der Waals surface area (Å²) in [6, 6.07) is 18.6. The zero-order chi connectivity index (χ0) is 21.0. The number of hydrogen-bond donors (Lipinski definition) is 0. The van der Waals surface area contributed by atoms with Gasteiger partial charge in [0.1, 0.15) is 0 Å². The molecule has 2 aliphatic rings. The van der Waals surface area contributed by atoms with Gasteiger partial charge in [0, 0.05) is 69.5 Å². The maximum absolute atomic E-state index is 13.2. The highest BCUT2D eigenvalue weighted by molar-refractivity contribution is 5.79. The van der Waals surface area contributed by atoms with Crippen molar-refractivity contribution in [1.29, 1.82) is 0 Å². The van der Waals surface area contributed by atoms with Gasteiger partial charge in [0.05, 0.1) is 5.69 Å². The standard InChI is InChI=1S/C25H29N5O/c31-25(30-19-17-27(18-20-30)22-7-2-1-3-8-22)21-10-15-29(16-11-21)24-23(9-6-12-26-24)28-13-4-5-14-28/h1-9,12-14,21H,10-11,15-20H2. The van der Waals surface area contributed by atoms with Gasteiger partial charge >= 0.3 is 0 Å². The number of rotatable bonds is 4. The third kappa shape index (κ3) is 4.15. The average molecular weight is 416 g/mol. The van der Waals surface area contributed by atoms with Crippen molar-refractivity contribution in [3.63, 3.8) is 0 Å². The van der Waals surface area contributed by atoms with Crippen LogP contribution in [0.1, 0.15) is 12.8 Å². The van der Waals surface area contributed by atoms with E-state index in [9.17, 15) is 4.79 Å². The molecule has 0 atom stereocenters. The Balaban J connectivity index is 1.18. The monoisotopic (exact) mass is 415 g/mol. The topological polar surface area (TPSA) is 44.6 Å². The predicted octanol–water partition coefficient (Wildman–Crippen LogP) is 3.44. The summed E-state index contributed by atoms with van der Waals surface area (Å²) in [5.74, 6) is 1.46. The maximum atomic E-state index is 13.2. The molecule has 5 rings (SSSR count). The number of piperidine rings is 1. The molecule has 31 heavy (non-hydrogen) atoms. The zero-order valence-electron chi connectivity index (χ0n) is 17.8. The van der Waals surface area contributed by atoms with Crippen LogP contribution >= 0.6 is 0 Å². The minimum atomic E-state index is 0.123. The number of para-hydroxylation sites is 1. The Labute approximate surface area is 183 Å². The molecule has 2 saturated heterocycles. The summed E-state index contributed by atoms with van der Waals surface area (Å²) in [6.45, 7) is 5.17. The molecule has 1 aromatic carbocycles. The number of amides is 1. The molecule has 0 bridgehead atoms. The Bertz CT molecular complexity index is 988.